The minimum atomic E-state index is 0.0728. The summed E-state index contributed by atoms with van der Waals surface area (Å²) in [5.74, 6) is 2.86. The van der Waals surface area contributed by atoms with Crippen LogP contribution in [0.5, 0.6) is 0 Å². The van der Waals surface area contributed by atoms with E-state index in [1.807, 2.05) is 0 Å². The van der Waals surface area contributed by atoms with Gasteiger partial charge in [-0.2, -0.15) is 0 Å². The normalized spacial score (nSPS) is 26.5. The SMILES string of the molecule is CN(C)C(=O)CN=C(NC1CCCC1)N1CC[C@@H](C2CC2)C1. The summed E-state index contributed by atoms with van der Waals surface area (Å²) in [6.45, 7) is 2.47. The van der Waals surface area contributed by atoms with Crippen LogP contribution in [0.15, 0.2) is 4.99 Å². The summed E-state index contributed by atoms with van der Waals surface area (Å²) >= 11 is 0. The molecule has 1 heterocycles. The molecule has 0 unspecified atom stereocenters. The third-order valence-electron chi connectivity index (χ3n) is 5.36. The number of carbonyl (C=O) groups is 1. The van der Waals surface area contributed by atoms with Gasteiger partial charge < -0.3 is 15.1 Å². The molecule has 1 saturated heterocycles. The van der Waals surface area contributed by atoms with Crippen molar-refractivity contribution >= 4 is 11.9 Å². The molecular weight excluding hydrogens is 276 g/mol. The van der Waals surface area contributed by atoms with E-state index < -0.39 is 0 Å². The van der Waals surface area contributed by atoms with Gasteiger partial charge in [0, 0.05) is 33.2 Å². The first kappa shape index (κ1) is 15.6. The highest BCUT2D eigenvalue weighted by Gasteiger charge is 2.37. The Balaban J connectivity index is 1.62. The molecule has 124 valence electrons. The van der Waals surface area contributed by atoms with Gasteiger partial charge in [-0.3, -0.25) is 4.79 Å². The molecule has 0 radical (unpaired) electrons. The van der Waals surface area contributed by atoms with Crippen molar-refractivity contribution in [1.82, 2.24) is 15.1 Å². The lowest BCUT2D eigenvalue weighted by Crippen LogP contribution is -2.45. The number of hydrogen-bond acceptors (Lipinski definition) is 2. The van der Waals surface area contributed by atoms with Gasteiger partial charge in [-0.15, -0.1) is 0 Å². The molecule has 2 saturated carbocycles. The molecule has 1 N–H and O–H groups in total. The Morgan fingerprint density at radius 3 is 2.50 bits per heavy atom. The number of aliphatic imine (C=N–C) groups is 1. The predicted molar refractivity (Wildman–Crippen MR) is 88.8 cm³/mol. The van der Waals surface area contributed by atoms with Gasteiger partial charge in [0.25, 0.3) is 0 Å². The number of guanidine groups is 1. The molecule has 3 fully saturated rings. The first-order chi connectivity index (χ1) is 10.6. The molecule has 5 nitrogen and oxygen atoms in total. The second kappa shape index (κ2) is 6.88. The number of rotatable bonds is 4. The van der Waals surface area contributed by atoms with E-state index in [1.165, 1.54) is 44.9 Å². The summed E-state index contributed by atoms with van der Waals surface area (Å²) in [6.07, 6.45) is 9.22. The summed E-state index contributed by atoms with van der Waals surface area (Å²) in [6, 6.07) is 0.549. The highest BCUT2D eigenvalue weighted by Crippen LogP contribution is 2.41. The minimum absolute atomic E-state index is 0.0728. The van der Waals surface area contributed by atoms with Crippen LogP contribution < -0.4 is 5.32 Å². The zero-order valence-corrected chi connectivity index (χ0v) is 14.1. The Bertz CT molecular complexity index is 424. The second-order valence-corrected chi connectivity index (χ2v) is 7.39. The van der Waals surface area contributed by atoms with Crippen molar-refractivity contribution in [3.63, 3.8) is 0 Å². The lowest BCUT2D eigenvalue weighted by atomic mass is 10.0. The maximum absolute atomic E-state index is 11.9. The van der Waals surface area contributed by atoms with Crippen molar-refractivity contribution < 1.29 is 4.79 Å². The Morgan fingerprint density at radius 2 is 1.86 bits per heavy atom. The van der Waals surface area contributed by atoms with E-state index in [-0.39, 0.29) is 12.5 Å². The molecule has 22 heavy (non-hydrogen) atoms. The Morgan fingerprint density at radius 1 is 1.14 bits per heavy atom. The lowest BCUT2D eigenvalue weighted by Gasteiger charge is -2.25. The van der Waals surface area contributed by atoms with Crippen LogP contribution in [-0.2, 0) is 4.79 Å². The zero-order chi connectivity index (χ0) is 15.5. The molecule has 0 aromatic rings. The van der Waals surface area contributed by atoms with Crippen molar-refractivity contribution in [3.05, 3.63) is 0 Å². The topological polar surface area (TPSA) is 47.9 Å². The average molecular weight is 306 g/mol. The van der Waals surface area contributed by atoms with E-state index in [4.69, 9.17) is 0 Å². The number of nitrogens with zero attached hydrogens (tertiary/aromatic N) is 3. The van der Waals surface area contributed by atoms with Crippen LogP contribution in [0.2, 0.25) is 0 Å². The first-order valence-electron chi connectivity index (χ1n) is 8.89. The molecule has 3 aliphatic rings. The van der Waals surface area contributed by atoms with Gasteiger partial charge in [0.2, 0.25) is 5.91 Å². The molecule has 0 bridgehead atoms. The molecule has 1 amide bonds. The summed E-state index contributed by atoms with van der Waals surface area (Å²) in [5.41, 5.74) is 0. The molecule has 5 heteroatoms. The lowest BCUT2D eigenvalue weighted by molar-refractivity contribution is -0.127. The zero-order valence-electron chi connectivity index (χ0n) is 14.1. The number of likely N-dealkylation sites (tertiary alicyclic amines) is 1. The van der Waals surface area contributed by atoms with E-state index in [0.717, 1.165) is 30.9 Å². The summed E-state index contributed by atoms with van der Waals surface area (Å²) < 4.78 is 0. The van der Waals surface area contributed by atoms with Crippen molar-refractivity contribution in [2.24, 2.45) is 16.8 Å². The third-order valence-corrected chi connectivity index (χ3v) is 5.36. The van der Waals surface area contributed by atoms with Crippen molar-refractivity contribution in [2.45, 2.75) is 51.0 Å². The molecule has 0 spiro atoms. The number of likely N-dealkylation sites (N-methyl/N-ethyl adjacent to an activating group) is 1. The Hall–Kier alpha value is -1.26. The van der Waals surface area contributed by atoms with Crippen molar-refractivity contribution in [3.8, 4) is 0 Å². The molecular formula is C17H30N4O. The quantitative estimate of drug-likeness (QED) is 0.635. The number of amides is 1. The highest BCUT2D eigenvalue weighted by atomic mass is 16.2. The Labute approximate surface area is 134 Å². The summed E-state index contributed by atoms with van der Waals surface area (Å²) in [7, 11) is 3.59. The molecule has 0 aromatic carbocycles. The van der Waals surface area contributed by atoms with Gasteiger partial charge in [-0.25, -0.2) is 4.99 Å². The van der Waals surface area contributed by atoms with Gasteiger partial charge >= 0.3 is 0 Å². The van der Waals surface area contributed by atoms with Crippen LogP contribution in [0, 0.1) is 11.8 Å². The third kappa shape index (κ3) is 3.93. The summed E-state index contributed by atoms with van der Waals surface area (Å²) in [5, 5.41) is 3.64. The highest BCUT2D eigenvalue weighted by molar-refractivity contribution is 5.85. The van der Waals surface area contributed by atoms with Crippen LogP contribution in [0.25, 0.3) is 0 Å². The molecule has 1 aliphatic heterocycles. The fraction of sp³-hybridized carbons (Fsp3) is 0.882. The predicted octanol–water partition coefficient (Wildman–Crippen LogP) is 1.69. The second-order valence-electron chi connectivity index (χ2n) is 7.39. The van der Waals surface area contributed by atoms with E-state index in [9.17, 15) is 4.79 Å². The van der Waals surface area contributed by atoms with Crippen LogP contribution in [0.3, 0.4) is 0 Å². The van der Waals surface area contributed by atoms with Crippen LogP contribution in [0.1, 0.15) is 44.9 Å². The van der Waals surface area contributed by atoms with Gasteiger partial charge in [-0.1, -0.05) is 12.8 Å². The number of hydrogen-bond donors (Lipinski definition) is 1. The van der Waals surface area contributed by atoms with Crippen LogP contribution in [-0.4, -0.2) is 61.4 Å². The maximum atomic E-state index is 11.9. The fourth-order valence-corrected chi connectivity index (χ4v) is 3.71. The van der Waals surface area contributed by atoms with Gasteiger partial charge in [-0.05, 0) is 43.9 Å². The monoisotopic (exact) mass is 306 g/mol. The molecule has 3 rings (SSSR count). The van der Waals surface area contributed by atoms with Crippen molar-refractivity contribution in [1.29, 1.82) is 0 Å². The van der Waals surface area contributed by atoms with E-state index in [2.05, 4.69) is 15.2 Å². The van der Waals surface area contributed by atoms with E-state index in [0.29, 0.717) is 6.04 Å². The Kier molecular flexibility index (Phi) is 4.89. The largest absolute Gasteiger partial charge is 0.353 e. The maximum Gasteiger partial charge on any atom is 0.243 e. The van der Waals surface area contributed by atoms with Crippen molar-refractivity contribution in [2.75, 3.05) is 33.7 Å². The van der Waals surface area contributed by atoms with Gasteiger partial charge in [0.05, 0.1) is 0 Å². The first-order valence-corrected chi connectivity index (χ1v) is 8.89. The van der Waals surface area contributed by atoms with E-state index >= 15 is 0 Å². The molecule has 2 aliphatic carbocycles. The summed E-state index contributed by atoms with van der Waals surface area (Å²) in [4.78, 5) is 20.5. The van der Waals surface area contributed by atoms with Crippen LogP contribution >= 0.6 is 0 Å². The van der Waals surface area contributed by atoms with Gasteiger partial charge in [0.1, 0.15) is 6.54 Å². The fourth-order valence-electron chi connectivity index (χ4n) is 3.71. The average Bonchev–Trinajstić information content (AvgIpc) is 3.02. The number of carbonyl (C=O) groups excluding carboxylic acids is 1. The molecule has 0 aromatic heterocycles. The molecule has 1 atom stereocenters. The minimum Gasteiger partial charge on any atom is -0.353 e. The van der Waals surface area contributed by atoms with E-state index in [1.54, 1.807) is 19.0 Å². The van der Waals surface area contributed by atoms with Crippen LogP contribution in [0.4, 0.5) is 0 Å². The standard InChI is InChI=1S/C17H30N4O/c1-20(2)16(22)11-18-17(19-15-5-3-4-6-15)21-10-9-14(12-21)13-7-8-13/h13-15H,3-12H2,1-2H3,(H,18,19)/t14-/m1/s1. The number of nitrogens with one attached hydrogen (secondary N) is 1. The smallest absolute Gasteiger partial charge is 0.243 e. The van der Waals surface area contributed by atoms with Gasteiger partial charge in [0.15, 0.2) is 5.96 Å².